The maximum Gasteiger partial charge on any atom is 0.416 e. The number of ether oxygens (including phenoxy) is 5. The Morgan fingerprint density at radius 1 is 0.479 bits per heavy atom. The zero-order valence-electron chi connectivity index (χ0n) is 64.4. The summed E-state index contributed by atoms with van der Waals surface area (Å²) >= 11 is 9.43. The summed E-state index contributed by atoms with van der Waals surface area (Å²) in [7, 11) is 0. The van der Waals surface area contributed by atoms with Crippen molar-refractivity contribution >= 4 is 145 Å². The van der Waals surface area contributed by atoms with Gasteiger partial charge in [-0.05, 0) is 147 Å². The Morgan fingerprint density at radius 2 is 0.857 bits per heavy atom. The van der Waals surface area contributed by atoms with Gasteiger partial charge >= 0.3 is 42.2 Å². The number of aryl methyl sites for hydroxylation is 2. The molecule has 0 unspecified atom stereocenters. The highest BCUT2D eigenvalue weighted by Crippen LogP contribution is 2.32. The number of hydrogen-bond acceptors (Lipinski definition) is 33. The van der Waals surface area contributed by atoms with Crippen LogP contribution in [0.15, 0.2) is 161 Å². The van der Waals surface area contributed by atoms with Crippen molar-refractivity contribution in [1.82, 2.24) is 44.9 Å². The fourth-order valence-corrected chi connectivity index (χ4v) is 9.84. The van der Waals surface area contributed by atoms with Crippen LogP contribution in [0.4, 0.5) is 53.0 Å². The van der Waals surface area contributed by atoms with E-state index in [1.54, 1.807) is 124 Å². The van der Waals surface area contributed by atoms with E-state index in [2.05, 4.69) is 70.9 Å². The van der Waals surface area contributed by atoms with Crippen molar-refractivity contribution in [3.05, 3.63) is 243 Å². The average molecular weight is 1730 g/mol. The third-order valence-electron chi connectivity index (χ3n) is 13.1. The van der Waals surface area contributed by atoms with Gasteiger partial charge in [0.1, 0.15) is 46.7 Å². The summed E-state index contributed by atoms with van der Waals surface area (Å²) in [6, 6.07) is 22.3. The number of nitrogens with two attached hydrogens (primary N) is 1. The number of rotatable bonds is 23. The van der Waals surface area contributed by atoms with Crippen molar-refractivity contribution in [1.29, 1.82) is 0 Å². The largest absolute Gasteiger partial charge is 0.466 e. The molecule has 36 nitrogen and oxygen atoms in total. The molecule has 10 aromatic rings. The molecule has 9 aromatic heterocycles. The number of halogens is 4. The Labute approximate surface area is 695 Å². The smallest absolute Gasteiger partial charge is 0.416 e. The number of pyridine rings is 6. The third-order valence-corrected chi connectivity index (χ3v) is 15.0. The number of aromatic nitrogens is 9. The van der Waals surface area contributed by atoms with Gasteiger partial charge in [-0.2, -0.15) is 22.8 Å². The summed E-state index contributed by atoms with van der Waals surface area (Å²) < 4.78 is 62.5. The van der Waals surface area contributed by atoms with E-state index < -0.39 is 45.0 Å². The minimum Gasteiger partial charge on any atom is -0.466 e. The number of nitrogens with one attached hydrogen (secondary N) is 4. The van der Waals surface area contributed by atoms with E-state index in [4.69, 9.17) is 45.9 Å². The standard InChI is InChI=1S/C19H15F3N4O2S.C13H13N3O3S.C10H9N3OS.C9H10N2O4.C9H12N2O2.C9H16O4.C5H3ClN2O2.CO2.CH4/c1-11-4-12(19(20,21)22)6-15(5-11)25-17(27)7-13-2-3-14(8-23-13)26-18(28)16-9-29-10-24-16;1-2-19-12(17)5-9-3-4-10(6-14-9)16-13(18)11-7-20-8-15-11;1-7-2-3-8(4-11-7)13-10(14)9-5-15-6-12-9;1-2-15-9(12)5-7-3-4-8(6-10-7)11(13)14;1-2-13-9(12)5-8-4-3-7(10)6-11-8;1-5-12-7(10)6-8(11)13-9(2,3)4;6-5-2-1-4(3-7-5)8(9)10;2-1-3;/h2-6,8-10H,7H2,1H3,(H,25,27)(H,26,28);3-4,6-8H,2,5H2,1H3,(H,16,18);2-6H,1H3,(H,13,14);3-4,6H,2,5H2,1H3;3-4,6H,2,5,10H2,1H3;5-6H2,1-4H3;1-3H;;1H4. The highest BCUT2D eigenvalue weighted by atomic mass is 35.5. The van der Waals surface area contributed by atoms with E-state index in [-0.39, 0.29) is 116 Å². The molecular weight excluding hydrogens is 1650 g/mol. The Morgan fingerprint density at radius 3 is 1.18 bits per heavy atom. The zero-order valence-corrected chi connectivity index (χ0v) is 67.6. The summed E-state index contributed by atoms with van der Waals surface area (Å²) in [5.74, 6) is -3.44. The van der Waals surface area contributed by atoms with Gasteiger partial charge in [0.15, 0.2) is 0 Å². The molecule has 0 aliphatic heterocycles. The number of hydrogen-bond donors (Lipinski definition) is 5. The summed E-state index contributed by atoms with van der Waals surface area (Å²) in [5.41, 5.74) is 15.5. The third kappa shape index (κ3) is 43.6. The molecule has 6 N–H and O–H groups in total. The van der Waals surface area contributed by atoms with Gasteiger partial charge in [-0.25, -0.2) is 19.9 Å². The lowest BCUT2D eigenvalue weighted by atomic mass is 10.1. The van der Waals surface area contributed by atoms with Gasteiger partial charge in [0, 0.05) is 45.3 Å². The molecule has 0 aliphatic rings. The Balaban J connectivity index is 0.000000480. The number of carbonyl (C=O) groups excluding carboxylic acids is 11. The van der Waals surface area contributed by atoms with Gasteiger partial charge in [0.25, 0.3) is 29.1 Å². The fourth-order valence-electron chi connectivity index (χ4n) is 8.13. The number of alkyl halides is 3. The van der Waals surface area contributed by atoms with E-state index >= 15 is 0 Å². The molecule has 1 aromatic carbocycles. The predicted octanol–water partition coefficient (Wildman–Crippen LogP) is 13.1. The average Bonchev–Trinajstić information content (AvgIpc) is 1.39. The van der Waals surface area contributed by atoms with Gasteiger partial charge in [0.2, 0.25) is 5.91 Å². The SMILES string of the molecule is C.CCOC(=O)CC(=O)OC(C)(C)C.CCOC(=O)Cc1ccc(N)cn1.CCOC(=O)Cc1ccc(NC(=O)c2cscn2)cn1.CCOC(=O)Cc1ccc([N+](=O)[O-])cn1.Cc1cc(NC(=O)Cc2ccc(NC(=O)c3cscn3)cn2)cc(C(F)(F)F)c1.Cc1ccc(NC(=O)c2cscn2)cn1.O=C=O.O=[N+]([O-])c1ccc(Cl)nc1. The molecule has 119 heavy (non-hydrogen) atoms. The van der Waals surface area contributed by atoms with Gasteiger partial charge in [-0.3, -0.25) is 88.3 Å². The molecule has 0 saturated heterocycles. The minimum absolute atomic E-state index is 0. The maximum absolute atomic E-state index is 12.9. The van der Waals surface area contributed by atoms with E-state index in [9.17, 15) is 76.6 Å². The summed E-state index contributed by atoms with van der Waals surface area (Å²) in [6.07, 6.45) is 3.94. The van der Waals surface area contributed by atoms with E-state index in [1.807, 2.05) is 19.1 Å². The molecule has 0 saturated carbocycles. The lowest BCUT2D eigenvalue weighted by Crippen LogP contribution is -2.25. The Bertz CT molecular complexity index is 4860. The maximum atomic E-state index is 12.9. The van der Waals surface area contributed by atoms with Crippen molar-refractivity contribution in [2.24, 2.45) is 0 Å². The summed E-state index contributed by atoms with van der Waals surface area (Å²) in [5, 5.41) is 36.0. The summed E-state index contributed by atoms with van der Waals surface area (Å²) in [4.78, 5) is 173. The quantitative estimate of drug-likeness (QED) is 0.00991. The van der Waals surface area contributed by atoms with E-state index in [0.717, 1.165) is 30.2 Å². The number of amides is 4. The number of esters is 5. The van der Waals surface area contributed by atoms with Crippen molar-refractivity contribution < 1.29 is 99.4 Å². The monoisotopic (exact) mass is 1730 g/mol. The molecule has 0 spiro atoms. The second-order valence-corrected chi connectivity index (χ2v) is 26.1. The van der Waals surface area contributed by atoms with Crippen LogP contribution >= 0.6 is 45.6 Å². The normalized spacial score (nSPS) is 9.96. The Hall–Kier alpha value is -13.7. The number of benzene rings is 1. The zero-order chi connectivity index (χ0) is 87.8. The second-order valence-electron chi connectivity index (χ2n) is 23.6. The first-order chi connectivity index (χ1) is 56.0. The van der Waals surface area contributed by atoms with Gasteiger partial charge < -0.3 is 50.7 Å². The number of anilines is 5. The molecule has 0 aliphatic carbocycles. The van der Waals surface area contributed by atoms with Crippen LogP contribution in [0.1, 0.15) is 133 Å². The number of nitrogens with zero attached hydrogens (tertiary/aromatic N) is 11. The molecule has 0 bridgehead atoms. The molecule has 0 atom stereocenters. The number of nitrogen functional groups attached to an aromatic ring is 1. The first kappa shape index (κ1) is 101. The number of carbonyl (C=O) groups is 9. The van der Waals surface area contributed by atoms with Crippen molar-refractivity contribution in [3.8, 4) is 0 Å². The highest BCUT2D eigenvalue weighted by Gasteiger charge is 2.31. The number of thiazole rings is 3. The first-order valence-electron chi connectivity index (χ1n) is 34.3. The molecular formula is C76H82ClF3N16O20S3. The van der Waals surface area contributed by atoms with Gasteiger partial charge in [-0.1, -0.05) is 19.0 Å². The van der Waals surface area contributed by atoms with Gasteiger partial charge in [0.05, 0.1) is 149 Å². The van der Waals surface area contributed by atoms with Crippen LogP contribution < -0.4 is 27.0 Å². The van der Waals surface area contributed by atoms with Crippen LogP contribution in [0.5, 0.6) is 0 Å². The second kappa shape index (κ2) is 54.2. The molecule has 0 radical (unpaired) electrons. The van der Waals surface area contributed by atoms with E-state index in [0.29, 0.717) is 82.3 Å². The van der Waals surface area contributed by atoms with E-state index in [1.165, 1.54) is 89.9 Å². The fraction of sp³-hybridized carbons (Fsp3) is 0.276. The molecule has 632 valence electrons. The van der Waals surface area contributed by atoms with Crippen molar-refractivity contribution in [3.63, 3.8) is 0 Å². The first-order valence-corrected chi connectivity index (χ1v) is 37.5. The lowest BCUT2D eigenvalue weighted by molar-refractivity contribution is -0.385. The van der Waals surface area contributed by atoms with Crippen molar-refractivity contribution in [2.45, 2.75) is 114 Å². The van der Waals surface area contributed by atoms with Crippen LogP contribution in [-0.2, 0) is 93.9 Å². The topological polar surface area (TPSA) is 510 Å². The Kier molecular flexibility index (Phi) is 46.2. The molecule has 4 amide bonds. The van der Waals surface area contributed by atoms with Crippen LogP contribution in [0.2, 0.25) is 5.15 Å². The predicted molar refractivity (Wildman–Crippen MR) is 431 cm³/mol. The van der Waals surface area contributed by atoms with Crippen LogP contribution in [-0.4, -0.2) is 146 Å². The lowest BCUT2D eigenvalue weighted by Gasteiger charge is -2.18. The molecule has 10 rings (SSSR count). The molecule has 9 heterocycles. The van der Waals surface area contributed by atoms with Crippen LogP contribution in [0, 0.1) is 34.1 Å². The minimum atomic E-state index is -4.49. The van der Waals surface area contributed by atoms with Gasteiger partial charge in [-0.15, -0.1) is 34.0 Å². The molecule has 43 heteroatoms. The number of nitro groups is 2. The van der Waals surface area contributed by atoms with Crippen LogP contribution in [0.25, 0.3) is 0 Å². The van der Waals surface area contributed by atoms with Crippen LogP contribution in [0.3, 0.4) is 0 Å². The molecule has 0 fully saturated rings. The van der Waals surface area contributed by atoms with Crippen molar-refractivity contribution in [2.75, 3.05) is 53.4 Å². The summed E-state index contributed by atoms with van der Waals surface area (Å²) in [6.45, 7) is 16.9. The highest BCUT2D eigenvalue weighted by molar-refractivity contribution is 7.08.